The Bertz CT molecular complexity index is 402. The topological polar surface area (TPSA) is 56.5 Å². The number of nitrogens with two attached hydrogens (primary N) is 1. The van der Waals surface area contributed by atoms with Gasteiger partial charge in [0.2, 0.25) is 0 Å². The molecule has 0 radical (unpaired) electrons. The quantitative estimate of drug-likeness (QED) is 0.748. The fourth-order valence-electron chi connectivity index (χ4n) is 2.00. The van der Waals surface area contributed by atoms with Gasteiger partial charge in [0.25, 0.3) is 0 Å². The Morgan fingerprint density at radius 2 is 1.81 bits per heavy atom. The van der Waals surface area contributed by atoms with Crippen molar-refractivity contribution >= 4 is 11.4 Å². The number of hydrogen-bond acceptors (Lipinski definition) is 4. The van der Waals surface area contributed by atoms with E-state index < -0.39 is 0 Å². The van der Waals surface area contributed by atoms with Gasteiger partial charge < -0.3 is 20.5 Å². The summed E-state index contributed by atoms with van der Waals surface area (Å²) in [5.74, 6) is 1.55. The molecule has 3 N–H and O–H groups in total. The van der Waals surface area contributed by atoms with E-state index in [4.69, 9.17) is 15.2 Å². The first-order chi connectivity index (χ1) is 7.83. The van der Waals surface area contributed by atoms with Crippen molar-refractivity contribution in [3.05, 3.63) is 12.1 Å². The standard InChI is InChI=1S/C12H16N2O2/c13-9-6-11-12(16-5-4-15-11)7-10(9)14-8-2-1-3-8/h6-8,14H,1-5,13H2. The molecule has 16 heavy (non-hydrogen) atoms. The molecule has 1 aliphatic heterocycles. The molecule has 0 bridgehead atoms. The average Bonchev–Trinajstić information content (AvgIpc) is 2.23. The van der Waals surface area contributed by atoms with Crippen LogP contribution in [0.2, 0.25) is 0 Å². The summed E-state index contributed by atoms with van der Waals surface area (Å²) in [5.41, 5.74) is 7.67. The van der Waals surface area contributed by atoms with E-state index in [9.17, 15) is 0 Å². The van der Waals surface area contributed by atoms with Crippen molar-refractivity contribution in [2.75, 3.05) is 24.3 Å². The molecule has 4 nitrogen and oxygen atoms in total. The minimum atomic E-state index is 0.574. The number of hydrogen-bond donors (Lipinski definition) is 2. The van der Waals surface area contributed by atoms with Crippen LogP contribution in [-0.4, -0.2) is 19.3 Å². The Balaban J connectivity index is 1.86. The lowest BCUT2D eigenvalue weighted by Crippen LogP contribution is -2.27. The van der Waals surface area contributed by atoms with E-state index in [1.165, 1.54) is 19.3 Å². The first-order valence-electron chi connectivity index (χ1n) is 5.78. The van der Waals surface area contributed by atoms with E-state index >= 15 is 0 Å². The number of fused-ring (bicyclic) bond motifs is 1. The Kier molecular flexibility index (Phi) is 2.27. The third kappa shape index (κ3) is 1.64. The SMILES string of the molecule is Nc1cc2c(cc1NC1CCC1)OCCO2. The number of nitrogen functional groups attached to an aromatic ring is 1. The van der Waals surface area contributed by atoms with Crippen LogP contribution in [-0.2, 0) is 0 Å². The van der Waals surface area contributed by atoms with Crippen molar-refractivity contribution in [3.8, 4) is 11.5 Å². The van der Waals surface area contributed by atoms with Crippen molar-refractivity contribution in [2.45, 2.75) is 25.3 Å². The molecule has 1 heterocycles. The molecule has 2 aliphatic rings. The number of rotatable bonds is 2. The molecule has 86 valence electrons. The molecule has 1 fully saturated rings. The molecule has 0 aromatic heterocycles. The van der Waals surface area contributed by atoms with Gasteiger partial charge in [0.15, 0.2) is 11.5 Å². The lowest BCUT2D eigenvalue weighted by Gasteiger charge is -2.29. The fourth-order valence-corrected chi connectivity index (χ4v) is 2.00. The van der Waals surface area contributed by atoms with E-state index in [1.54, 1.807) is 0 Å². The Morgan fingerprint density at radius 3 is 2.44 bits per heavy atom. The minimum absolute atomic E-state index is 0.574. The summed E-state index contributed by atoms with van der Waals surface area (Å²) in [4.78, 5) is 0. The Hall–Kier alpha value is -1.58. The molecular formula is C12H16N2O2. The number of nitrogens with one attached hydrogen (secondary N) is 1. The third-order valence-electron chi connectivity index (χ3n) is 3.18. The molecule has 0 spiro atoms. The molecule has 0 unspecified atom stereocenters. The van der Waals surface area contributed by atoms with E-state index in [-0.39, 0.29) is 0 Å². The second kappa shape index (κ2) is 3.77. The van der Waals surface area contributed by atoms with Gasteiger partial charge in [-0.15, -0.1) is 0 Å². The largest absolute Gasteiger partial charge is 0.486 e. The highest BCUT2D eigenvalue weighted by Gasteiger charge is 2.20. The highest BCUT2D eigenvalue weighted by atomic mass is 16.6. The monoisotopic (exact) mass is 220 g/mol. The van der Waals surface area contributed by atoms with Crippen molar-refractivity contribution in [3.63, 3.8) is 0 Å². The number of ether oxygens (including phenoxy) is 2. The van der Waals surface area contributed by atoms with Gasteiger partial charge in [-0.3, -0.25) is 0 Å². The average molecular weight is 220 g/mol. The van der Waals surface area contributed by atoms with E-state index in [0.717, 1.165) is 22.9 Å². The van der Waals surface area contributed by atoms with E-state index in [0.29, 0.717) is 19.3 Å². The van der Waals surface area contributed by atoms with Crippen LogP contribution in [0.4, 0.5) is 11.4 Å². The summed E-state index contributed by atoms with van der Waals surface area (Å²) in [6, 6.07) is 4.36. The van der Waals surface area contributed by atoms with Crippen LogP contribution < -0.4 is 20.5 Å². The van der Waals surface area contributed by atoms with Gasteiger partial charge in [-0.25, -0.2) is 0 Å². The lowest BCUT2D eigenvalue weighted by molar-refractivity contribution is 0.172. The van der Waals surface area contributed by atoms with Crippen LogP contribution in [0.1, 0.15) is 19.3 Å². The normalized spacial score (nSPS) is 19.0. The molecule has 4 heteroatoms. The predicted molar refractivity (Wildman–Crippen MR) is 63.1 cm³/mol. The van der Waals surface area contributed by atoms with Gasteiger partial charge in [-0.05, 0) is 19.3 Å². The molecule has 0 atom stereocenters. The van der Waals surface area contributed by atoms with Gasteiger partial charge >= 0.3 is 0 Å². The third-order valence-corrected chi connectivity index (χ3v) is 3.18. The number of anilines is 2. The molecule has 1 aromatic rings. The molecule has 1 aliphatic carbocycles. The van der Waals surface area contributed by atoms with Crippen molar-refractivity contribution in [2.24, 2.45) is 0 Å². The van der Waals surface area contributed by atoms with Gasteiger partial charge in [0.05, 0.1) is 11.4 Å². The lowest BCUT2D eigenvalue weighted by atomic mass is 9.93. The summed E-state index contributed by atoms with van der Waals surface area (Å²) >= 11 is 0. The highest BCUT2D eigenvalue weighted by Crippen LogP contribution is 2.38. The van der Waals surface area contributed by atoms with Crippen LogP contribution in [0, 0.1) is 0 Å². The second-order valence-electron chi connectivity index (χ2n) is 4.36. The smallest absolute Gasteiger partial charge is 0.163 e. The Labute approximate surface area is 94.7 Å². The summed E-state index contributed by atoms with van der Waals surface area (Å²) in [5, 5.41) is 3.44. The molecule has 1 saturated carbocycles. The van der Waals surface area contributed by atoms with Crippen molar-refractivity contribution < 1.29 is 9.47 Å². The summed E-state index contributed by atoms with van der Waals surface area (Å²) in [6.07, 6.45) is 3.77. The Morgan fingerprint density at radius 1 is 1.12 bits per heavy atom. The van der Waals surface area contributed by atoms with Crippen LogP contribution >= 0.6 is 0 Å². The summed E-state index contributed by atoms with van der Waals surface area (Å²) in [6.45, 7) is 1.21. The van der Waals surface area contributed by atoms with Crippen LogP contribution in [0.15, 0.2) is 12.1 Å². The fraction of sp³-hybridized carbons (Fsp3) is 0.500. The van der Waals surface area contributed by atoms with Gasteiger partial charge in [0, 0.05) is 18.2 Å². The van der Waals surface area contributed by atoms with E-state index in [2.05, 4.69) is 5.32 Å². The van der Waals surface area contributed by atoms with E-state index in [1.807, 2.05) is 12.1 Å². The molecule has 3 rings (SSSR count). The maximum Gasteiger partial charge on any atom is 0.163 e. The minimum Gasteiger partial charge on any atom is -0.486 e. The van der Waals surface area contributed by atoms with Gasteiger partial charge in [-0.2, -0.15) is 0 Å². The van der Waals surface area contributed by atoms with Crippen LogP contribution in [0.3, 0.4) is 0 Å². The number of benzene rings is 1. The highest BCUT2D eigenvalue weighted by molar-refractivity contribution is 5.72. The molecular weight excluding hydrogens is 204 g/mol. The first kappa shape index (κ1) is 9.63. The van der Waals surface area contributed by atoms with Crippen LogP contribution in [0.25, 0.3) is 0 Å². The first-order valence-corrected chi connectivity index (χ1v) is 5.78. The van der Waals surface area contributed by atoms with Crippen molar-refractivity contribution in [1.29, 1.82) is 0 Å². The molecule has 1 aromatic carbocycles. The maximum absolute atomic E-state index is 5.97. The van der Waals surface area contributed by atoms with Crippen LogP contribution in [0.5, 0.6) is 11.5 Å². The van der Waals surface area contributed by atoms with Crippen molar-refractivity contribution in [1.82, 2.24) is 0 Å². The van der Waals surface area contributed by atoms with Gasteiger partial charge in [0.1, 0.15) is 13.2 Å². The second-order valence-corrected chi connectivity index (χ2v) is 4.36. The maximum atomic E-state index is 5.97. The van der Waals surface area contributed by atoms with Gasteiger partial charge in [-0.1, -0.05) is 0 Å². The predicted octanol–water partition coefficient (Wildman–Crippen LogP) is 2.00. The zero-order valence-electron chi connectivity index (χ0n) is 9.16. The summed E-state index contributed by atoms with van der Waals surface area (Å²) in [7, 11) is 0. The molecule has 0 amide bonds. The zero-order valence-corrected chi connectivity index (χ0v) is 9.16. The zero-order chi connectivity index (χ0) is 11.0. The molecule has 0 saturated heterocycles. The summed E-state index contributed by atoms with van der Waals surface area (Å²) < 4.78 is 11.0.